The van der Waals surface area contributed by atoms with Crippen LogP contribution in [0.1, 0.15) is 5.56 Å². The minimum absolute atomic E-state index is 0.166. The highest BCUT2D eigenvalue weighted by atomic mass is 32.2. The molecule has 25 heavy (non-hydrogen) atoms. The second-order valence-corrected chi connectivity index (χ2v) is 6.65. The molecule has 4 nitrogen and oxygen atoms in total. The third kappa shape index (κ3) is 2.64. The van der Waals surface area contributed by atoms with E-state index in [-0.39, 0.29) is 21.9 Å². The summed E-state index contributed by atoms with van der Waals surface area (Å²) in [6, 6.07) is 13.9. The molecule has 1 amide bonds. The van der Waals surface area contributed by atoms with E-state index in [1.807, 2.05) is 35.0 Å². The number of aromatic nitrogens is 1. The van der Waals surface area contributed by atoms with Crippen molar-refractivity contribution in [3.63, 3.8) is 0 Å². The lowest BCUT2D eigenvalue weighted by Crippen LogP contribution is -2.20. The summed E-state index contributed by atoms with van der Waals surface area (Å²) in [4.78, 5) is 25.4. The Morgan fingerprint density at radius 2 is 1.76 bits per heavy atom. The van der Waals surface area contributed by atoms with E-state index in [0.717, 1.165) is 16.5 Å². The van der Waals surface area contributed by atoms with Gasteiger partial charge >= 0.3 is 0 Å². The maximum Gasteiger partial charge on any atom is 0.298 e. The summed E-state index contributed by atoms with van der Waals surface area (Å²) < 4.78 is 15.1. The fourth-order valence-corrected chi connectivity index (χ4v) is 3.62. The van der Waals surface area contributed by atoms with Gasteiger partial charge in [0.25, 0.3) is 5.24 Å². The highest BCUT2D eigenvalue weighted by Crippen LogP contribution is 2.38. The van der Waals surface area contributed by atoms with Crippen LogP contribution in [0.4, 0.5) is 14.9 Å². The molecule has 2 aromatic carbocycles. The van der Waals surface area contributed by atoms with E-state index in [1.165, 1.54) is 17.0 Å². The van der Waals surface area contributed by atoms with Crippen LogP contribution in [0.3, 0.4) is 0 Å². The van der Waals surface area contributed by atoms with Crippen molar-refractivity contribution in [2.75, 3.05) is 4.90 Å². The van der Waals surface area contributed by atoms with Crippen LogP contribution < -0.4 is 4.90 Å². The van der Waals surface area contributed by atoms with Gasteiger partial charge in [-0.2, -0.15) is 0 Å². The van der Waals surface area contributed by atoms with Gasteiger partial charge in [-0.15, -0.1) is 0 Å². The molecule has 6 heteroatoms. The van der Waals surface area contributed by atoms with Gasteiger partial charge in [-0.1, -0.05) is 36.9 Å². The normalized spacial score (nSPS) is 14.8. The number of para-hydroxylation sites is 1. The van der Waals surface area contributed by atoms with Gasteiger partial charge in [-0.05, 0) is 23.8 Å². The lowest BCUT2D eigenvalue weighted by Gasteiger charge is -2.13. The quantitative estimate of drug-likeness (QED) is 0.650. The summed E-state index contributed by atoms with van der Waals surface area (Å²) in [7, 11) is 0. The molecule has 1 aromatic heterocycles. The highest BCUT2D eigenvalue weighted by molar-refractivity contribution is 8.27. The minimum atomic E-state index is -0.348. The predicted molar refractivity (Wildman–Crippen MR) is 97.1 cm³/mol. The van der Waals surface area contributed by atoms with Gasteiger partial charge in [0.15, 0.2) is 0 Å². The van der Waals surface area contributed by atoms with E-state index in [9.17, 15) is 14.0 Å². The maximum atomic E-state index is 13.1. The number of rotatable bonds is 3. The van der Waals surface area contributed by atoms with Crippen molar-refractivity contribution >= 4 is 38.7 Å². The molecule has 1 aliphatic heterocycles. The lowest BCUT2D eigenvalue weighted by molar-refractivity contribution is -0.107. The molecule has 0 saturated carbocycles. The molecule has 0 radical (unpaired) electrons. The summed E-state index contributed by atoms with van der Waals surface area (Å²) >= 11 is 0.652. The Morgan fingerprint density at radius 1 is 1.04 bits per heavy atom. The minimum Gasteiger partial charge on any atom is -0.341 e. The number of amides is 1. The van der Waals surface area contributed by atoms with E-state index < -0.39 is 0 Å². The summed E-state index contributed by atoms with van der Waals surface area (Å²) in [6.45, 7) is 4.26. The Morgan fingerprint density at radius 3 is 2.44 bits per heavy atom. The average molecular weight is 352 g/mol. The zero-order valence-electron chi connectivity index (χ0n) is 13.1. The lowest BCUT2D eigenvalue weighted by atomic mass is 10.2. The molecule has 0 bridgehead atoms. The van der Waals surface area contributed by atoms with Gasteiger partial charge in [-0.3, -0.25) is 14.5 Å². The molecule has 124 valence electrons. The summed E-state index contributed by atoms with van der Waals surface area (Å²) in [5.41, 5.74) is 2.66. The highest BCUT2D eigenvalue weighted by Gasteiger charge is 2.36. The molecule has 1 fully saturated rings. The van der Waals surface area contributed by atoms with Crippen LogP contribution in [0, 0.1) is 5.82 Å². The van der Waals surface area contributed by atoms with Crippen LogP contribution in [0.5, 0.6) is 0 Å². The van der Waals surface area contributed by atoms with Crippen molar-refractivity contribution in [2.24, 2.45) is 0 Å². The van der Waals surface area contributed by atoms with Crippen LogP contribution in [0.25, 0.3) is 10.9 Å². The fraction of sp³-hybridized carbons (Fsp3) is 0.0526. The smallest absolute Gasteiger partial charge is 0.298 e. The third-order valence-corrected chi connectivity index (χ3v) is 4.92. The molecule has 0 spiro atoms. The van der Waals surface area contributed by atoms with Gasteiger partial charge in [0.2, 0.25) is 5.12 Å². The van der Waals surface area contributed by atoms with Crippen molar-refractivity contribution < 1.29 is 14.0 Å². The monoisotopic (exact) mass is 352 g/mol. The topological polar surface area (TPSA) is 42.3 Å². The number of benzene rings is 2. The molecule has 2 heterocycles. The van der Waals surface area contributed by atoms with Crippen molar-refractivity contribution in [3.8, 4) is 0 Å². The number of hydrogen-bond donors (Lipinski definition) is 0. The van der Waals surface area contributed by atoms with Gasteiger partial charge in [0, 0.05) is 29.9 Å². The molecule has 0 atom stereocenters. The first-order valence-electron chi connectivity index (χ1n) is 7.62. The van der Waals surface area contributed by atoms with E-state index in [2.05, 4.69) is 6.58 Å². The van der Waals surface area contributed by atoms with Gasteiger partial charge in [0.1, 0.15) is 5.82 Å². The number of thioether (sulfide) groups is 1. The van der Waals surface area contributed by atoms with E-state index in [0.29, 0.717) is 24.0 Å². The number of carbonyl (C=O) groups is 2. The summed E-state index contributed by atoms with van der Waals surface area (Å²) in [5.74, 6) is -0.281. The van der Waals surface area contributed by atoms with E-state index >= 15 is 0 Å². The first kappa shape index (κ1) is 15.7. The van der Waals surface area contributed by atoms with Crippen LogP contribution in [-0.4, -0.2) is 14.9 Å². The number of halogens is 1. The second-order valence-electron chi connectivity index (χ2n) is 5.72. The molecular formula is C19H13FN2O2S. The van der Waals surface area contributed by atoms with Crippen molar-refractivity contribution in [1.29, 1.82) is 0 Å². The van der Waals surface area contributed by atoms with E-state index in [1.54, 1.807) is 12.1 Å². The van der Waals surface area contributed by atoms with Crippen LogP contribution in [-0.2, 0) is 11.3 Å². The first-order chi connectivity index (χ1) is 12.0. The Hall–Kier alpha value is -2.86. The molecule has 1 saturated heterocycles. The van der Waals surface area contributed by atoms with Crippen molar-refractivity contribution in [3.05, 3.63) is 78.4 Å². The first-order valence-corrected chi connectivity index (χ1v) is 8.44. The zero-order chi connectivity index (χ0) is 17.6. The number of carbonyl (C=O) groups excluding carboxylic acids is 2. The summed E-state index contributed by atoms with van der Waals surface area (Å²) in [6.07, 6.45) is 1.83. The third-order valence-electron chi connectivity index (χ3n) is 4.14. The predicted octanol–water partition coefficient (Wildman–Crippen LogP) is 4.54. The van der Waals surface area contributed by atoms with Crippen LogP contribution in [0.2, 0.25) is 0 Å². The Labute approximate surface area is 147 Å². The van der Waals surface area contributed by atoms with Crippen LogP contribution >= 0.6 is 11.8 Å². The summed E-state index contributed by atoms with van der Waals surface area (Å²) in [5, 5.41) is 0.175. The molecule has 0 unspecified atom stereocenters. The number of hydrogen-bond acceptors (Lipinski definition) is 3. The Balaban J connectivity index is 1.81. The Kier molecular flexibility index (Phi) is 3.69. The zero-order valence-corrected chi connectivity index (χ0v) is 13.9. The SMILES string of the molecule is C=C1C(=O)SC(=O)N1c1cn(Cc2ccc(F)cc2)c2ccccc12. The van der Waals surface area contributed by atoms with E-state index in [4.69, 9.17) is 0 Å². The molecule has 0 N–H and O–H groups in total. The largest absolute Gasteiger partial charge is 0.341 e. The second kappa shape index (κ2) is 5.89. The van der Waals surface area contributed by atoms with Crippen molar-refractivity contribution in [1.82, 2.24) is 4.57 Å². The molecule has 1 aliphatic rings. The molecule has 4 rings (SSSR count). The average Bonchev–Trinajstić information content (AvgIpc) is 3.07. The molecule has 3 aromatic rings. The fourth-order valence-electron chi connectivity index (χ4n) is 2.95. The number of fused-ring (bicyclic) bond motifs is 1. The number of nitrogens with zero attached hydrogens (tertiary/aromatic N) is 2. The van der Waals surface area contributed by atoms with Gasteiger partial charge in [0.05, 0.1) is 16.9 Å². The van der Waals surface area contributed by atoms with Gasteiger partial charge < -0.3 is 4.57 Å². The Bertz CT molecular complexity index is 1020. The van der Waals surface area contributed by atoms with Crippen molar-refractivity contribution in [2.45, 2.75) is 6.54 Å². The number of anilines is 1. The standard InChI is InChI=1S/C19H13FN2O2S/c1-12-18(23)25-19(24)22(12)17-11-21(16-5-3-2-4-15(16)17)10-13-6-8-14(20)9-7-13/h2-9,11H,1,10H2. The van der Waals surface area contributed by atoms with Crippen LogP contribution in [0.15, 0.2) is 67.0 Å². The maximum absolute atomic E-state index is 13.1. The molecular weight excluding hydrogens is 339 g/mol. The molecule has 0 aliphatic carbocycles. The van der Waals surface area contributed by atoms with Gasteiger partial charge in [-0.25, -0.2) is 4.39 Å².